The van der Waals surface area contributed by atoms with E-state index in [2.05, 4.69) is 5.32 Å². The molecule has 0 radical (unpaired) electrons. The topological polar surface area (TPSA) is 151 Å². The minimum absolute atomic E-state index is 0.000577. The highest BCUT2D eigenvalue weighted by atomic mass is 19.4. The molecule has 4 aliphatic rings. The maximum Gasteiger partial charge on any atom is 0.471 e. The lowest BCUT2D eigenvalue weighted by Gasteiger charge is -2.37. The number of alkyl halides is 6. The first-order chi connectivity index (χ1) is 19.2. The molecule has 42 heavy (non-hydrogen) atoms. The fraction of sp³-hybridized carbons (Fsp3) is 0.731. The highest BCUT2D eigenvalue weighted by molar-refractivity contribution is 5.96. The predicted molar refractivity (Wildman–Crippen MR) is 132 cm³/mol. The number of nitrogens with one attached hydrogen (secondary N) is 3. The van der Waals surface area contributed by atoms with Crippen LogP contribution in [0.15, 0.2) is 12.2 Å². The normalized spacial score (nSPS) is 31.9. The third-order valence-corrected chi connectivity index (χ3v) is 8.78. The number of fused-ring (bicyclic) bond motifs is 5. The van der Waals surface area contributed by atoms with Crippen molar-refractivity contribution < 1.29 is 50.3 Å². The number of rotatable bonds is 7. The van der Waals surface area contributed by atoms with Crippen molar-refractivity contribution in [3.05, 3.63) is 12.2 Å². The Morgan fingerprint density at radius 3 is 2.17 bits per heavy atom. The molecule has 2 saturated heterocycles. The molecule has 2 bridgehead atoms. The molecule has 0 aromatic rings. The Morgan fingerprint density at radius 2 is 1.64 bits per heavy atom. The maximum absolute atomic E-state index is 13.8. The molecule has 0 spiro atoms. The van der Waals surface area contributed by atoms with Crippen LogP contribution in [0.25, 0.3) is 0 Å². The van der Waals surface area contributed by atoms with E-state index in [1.165, 1.54) is 20.8 Å². The molecule has 2 heterocycles. The van der Waals surface area contributed by atoms with Crippen LogP contribution in [0.1, 0.15) is 40.0 Å². The van der Waals surface area contributed by atoms with Gasteiger partial charge in [0, 0.05) is 12.5 Å². The highest BCUT2D eigenvalue weighted by Crippen LogP contribution is 2.54. The number of halogens is 6. The van der Waals surface area contributed by atoms with Gasteiger partial charge in [0.1, 0.15) is 24.2 Å². The molecule has 10 nitrogen and oxygen atoms in total. The summed E-state index contributed by atoms with van der Waals surface area (Å²) in [7, 11) is 0. The van der Waals surface area contributed by atoms with Crippen molar-refractivity contribution in [2.45, 2.75) is 76.6 Å². The zero-order valence-corrected chi connectivity index (χ0v) is 23.0. The number of nitrogens with two attached hydrogens (primary N) is 1. The number of hydrogen-bond acceptors (Lipinski definition) is 5. The van der Waals surface area contributed by atoms with E-state index in [1.54, 1.807) is 5.32 Å². The quantitative estimate of drug-likeness (QED) is 0.252. The van der Waals surface area contributed by atoms with Crippen molar-refractivity contribution in [3.63, 3.8) is 0 Å². The number of allylic oxidation sites excluding steroid dienone is 2. The lowest BCUT2D eigenvalue weighted by atomic mass is 9.81. The summed E-state index contributed by atoms with van der Waals surface area (Å²) in [5, 5.41) is 5.97. The molecule has 0 aromatic carbocycles. The Kier molecular flexibility index (Phi) is 8.08. The second kappa shape index (κ2) is 10.7. The van der Waals surface area contributed by atoms with Gasteiger partial charge in [0.2, 0.25) is 23.6 Å². The van der Waals surface area contributed by atoms with Gasteiger partial charge in [0.25, 0.3) is 0 Å². The number of carbonyl (C=O) groups excluding carboxylic acids is 5. The van der Waals surface area contributed by atoms with Gasteiger partial charge in [0.15, 0.2) is 0 Å². The molecule has 4 rings (SSSR count). The molecule has 0 aromatic heterocycles. The van der Waals surface area contributed by atoms with Crippen molar-refractivity contribution >= 4 is 29.5 Å². The second-order valence-corrected chi connectivity index (χ2v) is 12.6. The Bertz CT molecular complexity index is 1180. The first-order valence-corrected chi connectivity index (χ1v) is 13.5. The van der Waals surface area contributed by atoms with Crippen LogP contribution in [0.4, 0.5) is 26.3 Å². The van der Waals surface area contributed by atoms with E-state index in [1.807, 2.05) is 17.5 Å². The van der Waals surface area contributed by atoms with Gasteiger partial charge in [0.05, 0.1) is 0 Å². The minimum atomic E-state index is -5.27. The van der Waals surface area contributed by atoms with E-state index in [4.69, 9.17) is 5.73 Å². The maximum atomic E-state index is 13.8. The fourth-order valence-corrected chi connectivity index (χ4v) is 6.75. The van der Waals surface area contributed by atoms with Crippen LogP contribution in [0, 0.1) is 35.0 Å². The molecule has 16 heteroatoms. The summed E-state index contributed by atoms with van der Waals surface area (Å²) in [6, 6.07) is -6.62. The van der Waals surface area contributed by atoms with Gasteiger partial charge in [-0.15, -0.1) is 0 Å². The first kappa shape index (κ1) is 31.6. The Hall–Kier alpha value is -3.33. The summed E-state index contributed by atoms with van der Waals surface area (Å²) in [4.78, 5) is 64.9. The zero-order chi connectivity index (χ0) is 31.5. The van der Waals surface area contributed by atoms with E-state index in [0.29, 0.717) is 6.42 Å². The summed E-state index contributed by atoms with van der Waals surface area (Å²) in [5.41, 5.74) is 4.24. The van der Waals surface area contributed by atoms with Crippen molar-refractivity contribution in [2.75, 3.05) is 6.54 Å². The van der Waals surface area contributed by atoms with Crippen molar-refractivity contribution in [1.82, 2.24) is 20.9 Å². The van der Waals surface area contributed by atoms with Gasteiger partial charge >= 0.3 is 18.3 Å². The van der Waals surface area contributed by atoms with Crippen LogP contribution >= 0.6 is 0 Å². The molecular formula is C26H33F6N5O5. The molecule has 1 unspecified atom stereocenters. The van der Waals surface area contributed by atoms with Crippen molar-refractivity contribution in [3.8, 4) is 0 Å². The molecule has 3 fully saturated rings. The molecular weight excluding hydrogens is 576 g/mol. The number of carbonyl (C=O) groups is 5. The van der Waals surface area contributed by atoms with E-state index in [0.717, 1.165) is 4.90 Å². The van der Waals surface area contributed by atoms with Gasteiger partial charge in [-0.25, -0.2) is 0 Å². The van der Waals surface area contributed by atoms with E-state index in [9.17, 15) is 50.3 Å². The van der Waals surface area contributed by atoms with Crippen LogP contribution in [-0.4, -0.2) is 77.5 Å². The smallest absolute Gasteiger partial charge is 0.368 e. The van der Waals surface area contributed by atoms with Gasteiger partial charge in [-0.3, -0.25) is 24.0 Å². The lowest BCUT2D eigenvalue weighted by molar-refractivity contribution is -0.176. The number of amides is 5. The Balaban J connectivity index is 1.58. The average Bonchev–Trinajstić information content (AvgIpc) is 3.61. The Labute approximate surface area is 237 Å². The van der Waals surface area contributed by atoms with Gasteiger partial charge < -0.3 is 26.6 Å². The van der Waals surface area contributed by atoms with Crippen molar-refractivity contribution in [1.29, 1.82) is 0 Å². The Morgan fingerprint density at radius 1 is 1.02 bits per heavy atom. The molecule has 234 valence electrons. The predicted octanol–water partition coefficient (Wildman–Crippen LogP) is 1.16. The summed E-state index contributed by atoms with van der Waals surface area (Å²) in [5.74, 6) is -8.30. The third kappa shape index (κ3) is 6.07. The molecule has 5 amide bonds. The number of likely N-dealkylation sites (tertiary alicyclic amines) is 1. The van der Waals surface area contributed by atoms with Crippen LogP contribution in [0.2, 0.25) is 0 Å². The fourth-order valence-electron chi connectivity index (χ4n) is 6.75. The summed E-state index contributed by atoms with van der Waals surface area (Å²) in [6.45, 7) is 4.36. The van der Waals surface area contributed by atoms with Crippen molar-refractivity contribution in [2.24, 2.45) is 40.7 Å². The summed E-state index contributed by atoms with van der Waals surface area (Å²) in [6.07, 6.45) is -6.64. The van der Waals surface area contributed by atoms with E-state index in [-0.39, 0.29) is 24.3 Å². The number of hydrogen-bond donors (Lipinski definition) is 4. The largest absolute Gasteiger partial charge is 0.471 e. The first-order valence-electron chi connectivity index (χ1n) is 13.5. The lowest BCUT2D eigenvalue weighted by Crippen LogP contribution is -2.61. The highest BCUT2D eigenvalue weighted by Gasteiger charge is 2.59. The minimum Gasteiger partial charge on any atom is -0.368 e. The molecule has 5 N–H and O–H groups in total. The van der Waals surface area contributed by atoms with E-state index < -0.39 is 96.1 Å². The second-order valence-electron chi connectivity index (χ2n) is 12.6. The standard InChI is InChI=1S/C26H33F6N5O5/c1-24(2,3)18(36-23(42)26(30,31)32)22(41)37-9-13-10-4-5-11(6-10)16(13)17(37)21(40)34-14(19(33)38)7-12-8-15(25(27,28)29)35-20(12)39/h4-5,10-18H,6-9H2,1-3H3,(H2,33,38)(H,34,40)(H,35,39)(H,36,42)/t10-,11+,12?,13-,14+,15-,16+,17+,18-/m1/s1. The van der Waals surface area contributed by atoms with Crippen LogP contribution in [0.5, 0.6) is 0 Å². The van der Waals surface area contributed by atoms with Crippen LogP contribution in [-0.2, 0) is 24.0 Å². The average molecular weight is 610 g/mol. The SMILES string of the molecule is CC(C)(C)[C@H](NC(=O)C(F)(F)F)C(=O)N1C[C@H]2[C@@H]([C@H]1C(=O)N[C@@H](CC1C[C@H](C(F)(F)F)NC1=O)C(N)=O)[C@H]1C=C[C@@H]2C1. The molecule has 2 aliphatic carbocycles. The van der Waals surface area contributed by atoms with Crippen LogP contribution < -0.4 is 21.7 Å². The zero-order valence-electron chi connectivity index (χ0n) is 23.0. The van der Waals surface area contributed by atoms with Crippen LogP contribution in [0.3, 0.4) is 0 Å². The summed E-state index contributed by atoms with van der Waals surface area (Å²) >= 11 is 0. The number of nitrogens with zero attached hydrogens (tertiary/aromatic N) is 1. The summed E-state index contributed by atoms with van der Waals surface area (Å²) < 4.78 is 78.7. The molecule has 9 atom stereocenters. The third-order valence-electron chi connectivity index (χ3n) is 8.78. The number of primary amides is 1. The van der Waals surface area contributed by atoms with Gasteiger partial charge in [-0.05, 0) is 48.3 Å². The van der Waals surface area contributed by atoms with Gasteiger partial charge in [-0.2, -0.15) is 26.3 Å². The molecule has 2 aliphatic heterocycles. The van der Waals surface area contributed by atoms with Gasteiger partial charge in [-0.1, -0.05) is 32.9 Å². The molecule has 1 saturated carbocycles. The van der Waals surface area contributed by atoms with E-state index >= 15 is 0 Å². The monoisotopic (exact) mass is 609 g/mol.